The molecule has 198 valence electrons. The SMILES string of the molecule is NC1(c2ccc(-c3cnc(NC(=O)C[C@H]4CC[C@H](N5CCCC5=O)CC4)cc3-c3ccsc3)cc2)CCC1. The van der Waals surface area contributed by atoms with Crippen molar-refractivity contribution in [3.05, 3.63) is 58.9 Å². The van der Waals surface area contributed by atoms with E-state index in [0.29, 0.717) is 36.5 Å². The quantitative estimate of drug-likeness (QED) is 0.375. The molecule has 2 aliphatic carbocycles. The van der Waals surface area contributed by atoms with Crippen LogP contribution in [0.1, 0.15) is 69.8 Å². The van der Waals surface area contributed by atoms with Crippen molar-refractivity contribution in [2.75, 3.05) is 11.9 Å². The molecule has 38 heavy (non-hydrogen) atoms. The zero-order chi connectivity index (χ0) is 26.1. The molecule has 3 aromatic rings. The number of likely N-dealkylation sites (tertiary alicyclic amines) is 1. The molecule has 0 bridgehead atoms. The highest BCUT2D eigenvalue weighted by Crippen LogP contribution is 2.40. The van der Waals surface area contributed by atoms with Crippen molar-refractivity contribution in [3.63, 3.8) is 0 Å². The number of carbonyl (C=O) groups excluding carboxylic acids is 2. The van der Waals surface area contributed by atoms with Gasteiger partial charge in [-0.05, 0) is 102 Å². The average molecular weight is 529 g/mol. The maximum Gasteiger partial charge on any atom is 0.225 e. The lowest BCUT2D eigenvalue weighted by Crippen LogP contribution is -2.43. The highest BCUT2D eigenvalue weighted by molar-refractivity contribution is 7.08. The lowest BCUT2D eigenvalue weighted by Gasteiger charge is -2.38. The molecule has 2 aromatic heterocycles. The smallest absolute Gasteiger partial charge is 0.225 e. The predicted octanol–water partition coefficient (Wildman–Crippen LogP) is 6.32. The van der Waals surface area contributed by atoms with Crippen LogP contribution in [-0.2, 0) is 15.1 Å². The normalized spacial score (nSPS) is 22.8. The average Bonchev–Trinajstić information content (AvgIpc) is 3.60. The van der Waals surface area contributed by atoms with Crippen molar-refractivity contribution in [2.24, 2.45) is 11.7 Å². The predicted molar refractivity (Wildman–Crippen MR) is 153 cm³/mol. The van der Waals surface area contributed by atoms with Gasteiger partial charge in [0.05, 0.1) is 0 Å². The van der Waals surface area contributed by atoms with E-state index in [1.54, 1.807) is 11.3 Å². The number of nitrogens with two attached hydrogens (primary N) is 1. The van der Waals surface area contributed by atoms with E-state index in [9.17, 15) is 9.59 Å². The van der Waals surface area contributed by atoms with Gasteiger partial charge in [-0.1, -0.05) is 24.3 Å². The molecular weight excluding hydrogens is 492 g/mol. The summed E-state index contributed by atoms with van der Waals surface area (Å²) in [6.45, 7) is 0.903. The van der Waals surface area contributed by atoms with E-state index in [0.717, 1.165) is 73.7 Å². The number of hydrogen-bond donors (Lipinski definition) is 2. The highest BCUT2D eigenvalue weighted by atomic mass is 32.1. The zero-order valence-electron chi connectivity index (χ0n) is 21.8. The molecule has 0 unspecified atom stereocenters. The lowest BCUT2D eigenvalue weighted by atomic mass is 9.72. The summed E-state index contributed by atoms with van der Waals surface area (Å²) >= 11 is 1.66. The summed E-state index contributed by atoms with van der Waals surface area (Å²) in [6, 6.07) is 13.0. The number of aromatic nitrogens is 1. The number of rotatable bonds is 7. The van der Waals surface area contributed by atoms with E-state index in [2.05, 4.69) is 56.3 Å². The molecule has 1 aromatic carbocycles. The third-order valence-electron chi connectivity index (χ3n) is 8.86. The van der Waals surface area contributed by atoms with Crippen molar-refractivity contribution in [1.29, 1.82) is 0 Å². The lowest BCUT2D eigenvalue weighted by molar-refractivity contribution is -0.130. The number of anilines is 1. The van der Waals surface area contributed by atoms with E-state index >= 15 is 0 Å². The molecule has 0 spiro atoms. The second-order valence-corrected chi connectivity index (χ2v) is 12.1. The Morgan fingerprint density at radius 2 is 1.84 bits per heavy atom. The van der Waals surface area contributed by atoms with E-state index in [4.69, 9.17) is 5.73 Å². The number of benzene rings is 1. The minimum absolute atomic E-state index is 0.0142. The van der Waals surface area contributed by atoms with Crippen LogP contribution < -0.4 is 11.1 Å². The summed E-state index contributed by atoms with van der Waals surface area (Å²) < 4.78 is 0. The van der Waals surface area contributed by atoms with Crippen molar-refractivity contribution in [1.82, 2.24) is 9.88 Å². The molecule has 0 atom stereocenters. The molecule has 7 heteroatoms. The molecule has 3 aliphatic rings. The molecule has 6 rings (SSSR count). The largest absolute Gasteiger partial charge is 0.340 e. The van der Waals surface area contributed by atoms with Crippen molar-refractivity contribution in [3.8, 4) is 22.3 Å². The molecule has 3 fully saturated rings. The zero-order valence-corrected chi connectivity index (χ0v) is 22.6. The summed E-state index contributed by atoms with van der Waals surface area (Å²) in [4.78, 5) is 31.8. The Morgan fingerprint density at radius 3 is 2.47 bits per heavy atom. The fourth-order valence-corrected chi connectivity index (χ4v) is 7.07. The van der Waals surface area contributed by atoms with Crippen molar-refractivity contribution >= 4 is 29.0 Å². The summed E-state index contributed by atoms with van der Waals surface area (Å²) in [5.74, 6) is 1.27. The van der Waals surface area contributed by atoms with Crippen LogP contribution in [0, 0.1) is 5.92 Å². The Balaban J connectivity index is 1.13. The molecule has 1 saturated heterocycles. The second-order valence-electron chi connectivity index (χ2n) is 11.3. The van der Waals surface area contributed by atoms with E-state index in [1.807, 2.05) is 12.3 Å². The van der Waals surface area contributed by atoms with E-state index in [-0.39, 0.29) is 11.4 Å². The Morgan fingerprint density at radius 1 is 1.05 bits per heavy atom. The van der Waals surface area contributed by atoms with Gasteiger partial charge in [-0.2, -0.15) is 11.3 Å². The summed E-state index contributed by atoms with van der Waals surface area (Å²) in [5, 5.41) is 7.26. The van der Waals surface area contributed by atoms with Gasteiger partial charge in [0.15, 0.2) is 0 Å². The van der Waals surface area contributed by atoms with Crippen LogP contribution in [-0.4, -0.2) is 34.3 Å². The Labute approximate surface area is 228 Å². The van der Waals surface area contributed by atoms with Gasteiger partial charge in [0, 0.05) is 42.7 Å². The third-order valence-corrected chi connectivity index (χ3v) is 9.54. The standard InChI is InChI=1S/C31H36N4O2S/c32-31(13-2-14-31)24-8-6-22(7-9-24)27-19-33-28(18-26(27)23-12-16-38-20-23)34-29(36)17-21-4-10-25(11-5-21)35-15-1-3-30(35)37/h6-9,12,16,18-21,25H,1-5,10-11,13-15,17,32H2,(H,33,34,36)/t21-,25-. The van der Waals surface area contributed by atoms with Crippen molar-refractivity contribution in [2.45, 2.75) is 75.8 Å². The van der Waals surface area contributed by atoms with Gasteiger partial charge in [0.2, 0.25) is 11.8 Å². The van der Waals surface area contributed by atoms with Crippen LogP contribution in [0.25, 0.3) is 22.3 Å². The fourth-order valence-electron chi connectivity index (χ4n) is 6.41. The number of amides is 2. The minimum atomic E-state index is -0.175. The molecule has 2 saturated carbocycles. The molecule has 2 amide bonds. The Bertz CT molecular complexity index is 1290. The first kappa shape index (κ1) is 25.3. The van der Waals surface area contributed by atoms with Gasteiger partial charge in [-0.3, -0.25) is 9.59 Å². The van der Waals surface area contributed by atoms with Gasteiger partial charge in [0.1, 0.15) is 5.82 Å². The molecule has 3 N–H and O–H groups in total. The Hall–Kier alpha value is -3.03. The Kier molecular flexibility index (Phi) is 7.06. The molecule has 6 nitrogen and oxygen atoms in total. The maximum atomic E-state index is 13.0. The van der Waals surface area contributed by atoms with Gasteiger partial charge in [-0.15, -0.1) is 0 Å². The van der Waals surface area contributed by atoms with E-state index < -0.39 is 0 Å². The van der Waals surface area contributed by atoms with Crippen LogP contribution in [0.3, 0.4) is 0 Å². The first-order valence-electron chi connectivity index (χ1n) is 14.0. The second kappa shape index (κ2) is 10.6. The maximum absolute atomic E-state index is 13.0. The molecule has 0 radical (unpaired) electrons. The topological polar surface area (TPSA) is 88.3 Å². The molecule has 3 heterocycles. The highest BCUT2D eigenvalue weighted by Gasteiger charge is 2.34. The van der Waals surface area contributed by atoms with Gasteiger partial charge >= 0.3 is 0 Å². The number of hydrogen-bond acceptors (Lipinski definition) is 5. The van der Waals surface area contributed by atoms with Gasteiger partial charge in [-0.25, -0.2) is 4.98 Å². The number of nitrogens with zero attached hydrogens (tertiary/aromatic N) is 2. The number of thiophene rings is 1. The monoisotopic (exact) mass is 528 g/mol. The van der Waals surface area contributed by atoms with Crippen LogP contribution in [0.5, 0.6) is 0 Å². The van der Waals surface area contributed by atoms with E-state index in [1.165, 1.54) is 12.0 Å². The first-order valence-corrected chi connectivity index (χ1v) is 14.9. The van der Waals surface area contributed by atoms with Gasteiger partial charge in [0.25, 0.3) is 0 Å². The summed E-state index contributed by atoms with van der Waals surface area (Å²) in [5.41, 5.74) is 11.9. The number of nitrogens with one attached hydrogen (secondary N) is 1. The third kappa shape index (κ3) is 5.14. The van der Waals surface area contributed by atoms with Crippen LogP contribution in [0.2, 0.25) is 0 Å². The summed E-state index contributed by atoms with van der Waals surface area (Å²) in [6.07, 6.45) is 11.3. The number of carbonyl (C=O) groups is 2. The minimum Gasteiger partial charge on any atom is -0.340 e. The molecular formula is C31H36N4O2S. The van der Waals surface area contributed by atoms with Crippen LogP contribution >= 0.6 is 11.3 Å². The number of pyridine rings is 1. The van der Waals surface area contributed by atoms with Gasteiger partial charge < -0.3 is 16.0 Å². The summed E-state index contributed by atoms with van der Waals surface area (Å²) in [7, 11) is 0. The first-order chi connectivity index (χ1) is 18.5. The van der Waals surface area contributed by atoms with Crippen LogP contribution in [0.4, 0.5) is 5.82 Å². The van der Waals surface area contributed by atoms with Crippen LogP contribution in [0.15, 0.2) is 53.4 Å². The fraction of sp³-hybridized carbons (Fsp3) is 0.452. The van der Waals surface area contributed by atoms with Crippen molar-refractivity contribution < 1.29 is 9.59 Å². The molecule has 1 aliphatic heterocycles.